The van der Waals surface area contributed by atoms with E-state index in [0.29, 0.717) is 12.5 Å². The van der Waals surface area contributed by atoms with E-state index in [2.05, 4.69) is 17.4 Å². The van der Waals surface area contributed by atoms with Crippen molar-refractivity contribution in [3.05, 3.63) is 35.9 Å². The average molecular weight is 321 g/mol. The van der Waals surface area contributed by atoms with Crippen LogP contribution in [0.25, 0.3) is 0 Å². The fourth-order valence-electron chi connectivity index (χ4n) is 2.48. The smallest absolute Gasteiger partial charge is 0.235 e. The monoisotopic (exact) mass is 321 g/mol. The molecule has 1 aliphatic heterocycles. The van der Waals surface area contributed by atoms with Gasteiger partial charge in [-0.05, 0) is 50.3 Å². The van der Waals surface area contributed by atoms with E-state index in [-0.39, 0.29) is 10.7 Å². The van der Waals surface area contributed by atoms with Crippen LogP contribution in [0.15, 0.2) is 30.3 Å². The van der Waals surface area contributed by atoms with Crippen LogP contribution in [0.4, 0.5) is 0 Å². The summed E-state index contributed by atoms with van der Waals surface area (Å²) < 4.78 is 5.02. The third kappa shape index (κ3) is 5.65. The fourth-order valence-corrected chi connectivity index (χ4v) is 3.67. The topological polar surface area (TPSA) is 38.3 Å². The second-order valence-electron chi connectivity index (χ2n) is 6.37. The molecule has 122 valence electrons. The van der Waals surface area contributed by atoms with Gasteiger partial charge in [0.1, 0.15) is 0 Å². The lowest BCUT2D eigenvalue weighted by Gasteiger charge is -2.27. The Kier molecular flexibility index (Phi) is 6.77. The molecule has 1 aliphatic rings. The van der Waals surface area contributed by atoms with E-state index in [0.717, 1.165) is 38.2 Å². The molecular weight excluding hydrogens is 294 g/mol. The van der Waals surface area contributed by atoms with E-state index in [9.17, 15) is 4.79 Å². The van der Waals surface area contributed by atoms with Crippen LogP contribution in [0.1, 0.15) is 32.3 Å². The third-order valence-corrected chi connectivity index (χ3v) is 5.65. The van der Waals surface area contributed by atoms with Gasteiger partial charge in [-0.3, -0.25) is 4.79 Å². The summed E-state index contributed by atoms with van der Waals surface area (Å²) in [6, 6.07) is 10.3. The van der Waals surface area contributed by atoms with Crippen LogP contribution in [-0.2, 0) is 16.0 Å². The summed E-state index contributed by atoms with van der Waals surface area (Å²) in [7, 11) is 0. The maximum Gasteiger partial charge on any atom is 0.235 e. The first kappa shape index (κ1) is 17.4. The first-order chi connectivity index (χ1) is 10.6. The number of benzene rings is 1. The second kappa shape index (κ2) is 8.59. The van der Waals surface area contributed by atoms with Crippen LogP contribution < -0.4 is 5.32 Å². The molecule has 1 aromatic carbocycles. The number of amides is 1. The summed E-state index contributed by atoms with van der Waals surface area (Å²) in [5.74, 6) is 1.87. The zero-order valence-electron chi connectivity index (χ0n) is 13.6. The number of rotatable bonds is 7. The van der Waals surface area contributed by atoms with Crippen molar-refractivity contribution in [3.8, 4) is 0 Å². The Bertz CT molecular complexity index is 455. The summed E-state index contributed by atoms with van der Waals surface area (Å²) in [6.45, 7) is 6.48. The minimum atomic E-state index is -0.366. The van der Waals surface area contributed by atoms with Crippen molar-refractivity contribution < 1.29 is 9.53 Å². The van der Waals surface area contributed by atoms with Crippen LogP contribution in [0.3, 0.4) is 0 Å². The molecule has 1 amide bonds. The quantitative estimate of drug-likeness (QED) is 0.837. The number of carbonyl (C=O) groups is 1. The molecule has 22 heavy (non-hydrogen) atoms. The van der Waals surface area contributed by atoms with Gasteiger partial charge in [0.05, 0.1) is 4.75 Å². The number of carbonyl (C=O) groups excluding carboxylic acids is 1. The summed E-state index contributed by atoms with van der Waals surface area (Å²) in [5.41, 5.74) is 1.26. The molecule has 0 aromatic heterocycles. The highest BCUT2D eigenvalue weighted by molar-refractivity contribution is 8.01. The lowest BCUT2D eigenvalue weighted by atomic mass is 10.0. The zero-order chi connectivity index (χ0) is 15.8. The maximum atomic E-state index is 12.4. The Morgan fingerprint density at radius 3 is 2.64 bits per heavy atom. The van der Waals surface area contributed by atoms with Crippen molar-refractivity contribution in [2.45, 2.75) is 37.9 Å². The molecule has 1 saturated heterocycles. The average Bonchev–Trinajstić information content (AvgIpc) is 2.55. The van der Waals surface area contributed by atoms with Gasteiger partial charge in [-0.1, -0.05) is 30.3 Å². The predicted molar refractivity (Wildman–Crippen MR) is 93.2 cm³/mol. The van der Waals surface area contributed by atoms with Gasteiger partial charge in [0.15, 0.2) is 0 Å². The molecule has 1 fully saturated rings. The third-order valence-electron chi connectivity index (χ3n) is 4.11. The van der Waals surface area contributed by atoms with E-state index >= 15 is 0 Å². The van der Waals surface area contributed by atoms with Crippen molar-refractivity contribution in [1.82, 2.24) is 5.32 Å². The highest BCUT2D eigenvalue weighted by Gasteiger charge is 2.29. The second-order valence-corrected chi connectivity index (χ2v) is 8.01. The van der Waals surface area contributed by atoms with Gasteiger partial charge in [0.25, 0.3) is 0 Å². The van der Waals surface area contributed by atoms with Crippen LogP contribution in [0.5, 0.6) is 0 Å². The SMILES string of the molecule is CC(C)(SCC1CCOCC1)C(=O)NCCc1ccccc1. The fraction of sp³-hybridized carbons (Fsp3) is 0.611. The molecule has 3 nitrogen and oxygen atoms in total. The standard InChI is InChI=1S/C18H27NO2S/c1-18(2,22-14-16-9-12-21-13-10-16)17(20)19-11-8-15-6-4-3-5-7-15/h3-7,16H,8-14H2,1-2H3,(H,19,20). The van der Waals surface area contributed by atoms with Crippen LogP contribution in [0.2, 0.25) is 0 Å². The van der Waals surface area contributed by atoms with Gasteiger partial charge < -0.3 is 10.1 Å². The van der Waals surface area contributed by atoms with Crippen molar-refractivity contribution in [2.75, 3.05) is 25.5 Å². The molecule has 0 bridgehead atoms. The summed E-state index contributed by atoms with van der Waals surface area (Å²) in [4.78, 5) is 12.4. The van der Waals surface area contributed by atoms with Gasteiger partial charge in [-0.2, -0.15) is 0 Å². The van der Waals surface area contributed by atoms with Crippen molar-refractivity contribution in [2.24, 2.45) is 5.92 Å². The molecule has 0 unspecified atom stereocenters. The molecule has 0 aliphatic carbocycles. The first-order valence-electron chi connectivity index (χ1n) is 8.12. The molecular formula is C18H27NO2S. The Hall–Kier alpha value is -1.00. The molecule has 4 heteroatoms. The lowest BCUT2D eigenvalue weighted by molar-refractivity contribution is -0.122. The lowest BCUT2D eigenvalue weighted by Crippen LogP contribution is -2.41. The molecule has 0 spiro atoms. The van der Waals surface area contributed by atoms with Crippen molar-refractivity contribution >= 4 is 17.7 Å². The Morgan fingerprint density at radius 2 is 1.95 bits per heavy atom. The van der Waals surface area contributed by atoms with Gasteiger partial charge in [-0.15, -0.1) is 11.8 Å². The Balaban J connectivity index is 1.70. The number of hydrogen-bond acceptors (Lipinski definition) is 3. The molecule has 0 saturated carbocycles. The molecule has 2 rings (SSSR count). The van der Waals surface area contributed by atoms with Gasteiger partial charge in [0.2, 0.25) is 5.91 Å². The van der Waals surface area contributed by atoms with Crippen molar-refractivity contribution in [1.29, 1.82) is 0 Å². The van der Waals surface area contributed by atoms with E-state index in [4.69, 9.17) is 4.74 Å². The maximum absolute atomic E-state index is 12.4. The zero-order valence-corrected chi connectivity index (χ0v) is 14.5. The number of nitrogens with one attached hydrogen (secondary N) is 1. The van der Waals surface area contributed by atoms with Gasteiger partial charge in [0, 0.05) is 19.8 Å². The molecule has 0 radical (unpaired) electrons. The minimum absolute atomic E-state index is 0.139. The predicted octanol–water partition coefficient (Wildman–Crippen LogP) is 3.28. The highest BCUT2D eigenvalue weighted by Crippen LogP contribution is 2.29. The summed E-state index contributed by atoms with van der Waals surface area (Å²) in [5, 5.41) is 3.07. The number of thioether (sulfide) groups is 1. The Labute approximate surface area is 138 Å². The summed E-state index contributed by atoms with van der Waals surface area (Å²) in [6.07, 6.45) is 3.13. The van der Waals surface area contributed by atoms with Gasteiger partial charge in [-0.25, -0.2) is 0 Å². The molecule has 0 atom stereocenters. The molecule has 1 aromatic rings. The number of ether oxygens (including phenoxy) is 1. The van der Waals surface area contributed by atoms with E-state index in [1.807, 2.05) is 32.0 Å². The molecule has 1 N–H and O–H groups in total. The normalized spacial score (nSPS) is 16.5. The van der Waals surface area contributed by atoms with Gasteiger partial charge >= 0.3 is 0 Å². The Morgan fingerprint density at radius 1 is 1.27 bits per heavy atom. The number of hydrogen-bond donors (Lipinski definition) is 1. The van der Waals surface area contributed by atoms with Crippen molar-refractivity contribution in [3.63, 3.8) is 0 Å². The first-order valence-corrected chi connectivity index (χ1v) is 9.10. The molecule has 1 heterocycles. The largest absolute Gasteiger partial charge is 0.381 e. The summed E-state index contributed by atoms with van der Waals surface area (Å²) >= 11 is 1.77. The van der Waals surface area contributed by atoms with E-state index in [1.165, 1.54) is 5.56 Å². The van der Waals surface area contributed by atoms with Crippen LogP contribution in [0, 0.1) is 5.92 Å². The van der Waals surface area contributed by atoms with E-state index < -0.39 is 0 Å². The van der Waals surface area contributed by atoms with E-state index in [1.54, 1.807) is 11.8 Å². The van der Waals surface area contributed by atoms with Crippen LogP contribution in [-0.4, -0.2) is 36.2 Å². The highest BCUT2D eigenvalue weighted by atomic mass is 32.2. The minimum Gasteiger partial charge on any atom is -0.381 e. The van der Waals surface area contributed by atoms with Crippen LogP contribution >= 0.6 is 11.8 Å².